The van der Waals surface area contributed by atoms with Crippen molar-refractivity contribution < 1.29 is 13.2 Å². The van der Waals surface area contributed by atoms with Crippen molar-refractivity contribution in [2.24, 2.45) is 0 Å². The smallest absolute Gasteiger partial charge is 0.242 e. The van der Waals surface area contributed by atoms with E-state index in [9.17, 15) is 13.2 Å². The number of benzene rings is 2. The molecule has 2 aromatic rings. The fourth-order valence-corrected chi connectivity index (χ4v) is 5.20. The molecule has 1 aliphatic heterocycles. The number of nitrogens with zero attached hydrogens (tertiary/aromatic N) is 1. The van der Waals surface area contributed by atoms with E-state index in [0.29, 0.717) is 13.1 Å². The predicted octanol–water partition coefficient (Wildman–Crippen LogP) is 3.10. The minimum Gasteiger partial charge on any atom is -0.348 e. The number of hydrogen-bond acceptors (Lipinski definition) is 4. The number of hydrogen-bond donors (Lipinski definition) is 1. The van der Waals surface area contributed by atoms with Crippen LogP contribution in [0.15, 0.2) is 59.1 Å². The number of nitrogens with one attached hydrogen (secondary N) is 1. The molecule has 0 aliphatic carbocycles. The van der Waals surface area contributed by atoms with Crippen LogP contribution in [-0.4, -0.2) is 43.8 Å². The molecule has 2 aromatic carbocycles. The molecular formula is C20H23BrN2O3S. The van der Waals surface area contributed by atoms with Crippen molar-refractivity contribution in [2.45, 2.75) is 19.0 Å². The second kappa shape index (κ2) is 8.54. The molecule has 7 heteroatoms. The summed E-state index contributed by atoms with van der Waals surface area (Å²) in [5, 5.41) is 3.09. The van der Waals surface area contributed by atoms with E-state index in [4.69, 9.17) is 0 Å². The van der Waals surface area contributed by atoms with E-state index in [1.54, 1.807) is 0 Å². The number of rotatable bonds is 5. The highest BCUT2D eigenvalue weighted by atomic mass is 79.9. The lowest BCUT2D eigenvalue weighted by Gasteiger charge is -2.34. The van der Waals surface area contributed by atoms with Crippen LogP contribution in [-0.2, 0) is 14.6 Å². The minimum atomic E-state index is -3.01. The van der Waals surface area contributed by atoms with Crippen LogP contribution in [0.4, 0.5) is 0 Å². The predicted molar refractivity (Wildman–Crippen MR) is 110 cm³/mol. The zero-order chi connectivity index (χ0) is 19.4. The molecule has 2 atom stereocenters. The van der Waals surface area contributed by atoms with Gasteiger partial charge < -0.3 is 5.32 Å². The van der Waals surface area contributed by atoms with Gasteiger partial charge in [-0.1, -0.05) is 64.5 Å². The fraction of sp³-hybridized carbons (Fsp3) is 0.350. The van der Waals surface area contributed by atoms with Gasteiger partial charge in [0.15, 0.2) is 9.84 Å². The summed E-state index contributed by atoms with van der Waals surface area (Å²) in [6.07, 6.45) is 0. The Balaban J connectivity index is 1.82. The molecular weight excluding hydrogens is 428 g/mol. The maximum absolute atomic E-state index is 13.2. The van der Waals surface area contributed by atoms with Crippen LogP contribution in [0.2, 0.25) is 0 Å². The molecule has 2 unspecified atom stereocenters. The second-order valence-corrected chi connectivity index (χ2v) is 9.91. The van der Waals surface area contributed by atoms with Crippen molar-refractivity contribution in [3.63, 3.8) is 0 Å². The maximum atomic E-state index is 13.2. The number of carbonyl (C=O) groups excluding carboxylic acids is 1. The van der Waals surface area contributed by atoms with Gasteiger partial charge in [-0.25, -0.2) is 8.42 Å². The third kappa shape index (κ3) is 4.97. The molecule has 144 valence electrons. The minimum absolute atomic E-state index is 0.0867. The zero-order valence-electron chi connectivity index (χ0n) is 15.1. The van der Waals surface area contributed by atoms with Crippen LogP contribution >= 0.6 is 15.9 Å². The standard InChI is InChI=1S/C20H23BrN2O3S/c1-15(17-9-5-6-10-18(17)21)22-20(24)19(16-7-3-2-4-8-16)23-11-13-27(25,26)14-12-23/h2-10,15,19H,11-14H2,1H3,(H,22,24). The highest BCUT2D eigenvalue weighted by Gasteiger charge is 2.33. The largest absolute Gasteiger partial charge is 0.348 e. The van der Waals surface area contributed by atoms with Gasteiger partial charge in [-0.05, 0) is 24.1 Å². The molecule has 1 fully saturated rings. The van der Waals surface area contributed by atoms with Crippen LogP contribution < -0.4 is 5.32 Å². The molecule has 1 amide bonds. The average Bonchev–Trinajstić information content (AvgIpc) is 2.64. The Kier molecular flexibility index (Phi) is 6.34. The van der Waals surface area contributed by atoms with Crippen molar-refractivity contribution in [1.29, 1.82) is 0 Å². The number of carbonyl (C=O) groups is 1. The lowest BCUT2D eigenvalue weighted by molar-refractivity contribution is -0.127. The molecule has 0 aromatic heterocycles. The van der Waals surface area contributed by atoms with E-state index in [0.717, 1.165) is 15.6 Å². The maximum Gasteiger partial charge on any atom is 0.242 e. The van der Waals surface area contributed by atoms with Gasteiger partial charge in [0.25, 0.3) is 0 Å². The van der Waals surface area contributed by atoms with Crippen molar-refractivity contribution in [1.82, 2.24) is 10.2 Å². The van der Waals surface area contributed by atoms with Crippen molar-refractivity contribution in [3.8, 4) is 0 Å². The van der Waals surface area contributed by atoms with Gasteiger partial charge in [0, 0.05) is 17.6 Å². The summed E-state index contributed by atoms with van der Waals surface area (Å²) in [6, 6.07) is 16.6. The Morgan fingerprint density at radius 3 is 2.26 bits per heavy atom. The Labute approximate surface area is 168 Å². The molecule has 0 bridgehead atoms. The topological polar surface area (TPSA) is 66.5 Å². The highest BCUT2D eigenvalue weighted by Crippen LogP contribution is 2.27. The first-order valence-corrected chi connectivity index (χ1v) is 11.5. The molecule has 5 nitrogen and oxygen atoms in total. The number of amides is 1. The van der Waals surface area contributed by atoms with Gasteiger partial charge >= 0.3 is 0 Å². The Morgan fingerprint density at radius 2 is 1.63 bits per heavy atom. The van der Waals surface area contributed by atoms with Crippen LogP contribution in [0.5, 0.6) is 0 Å². The first-order chi connectivity index (χ1) is 12.9. The van der Waals surface area contributed by atoms with Gasteiger partial charge in [0.1, 0.15) is 6.04 Å². The normalized spacial score (nSPS) is 19.2. The van der Waals surface area contributed by atoms with Gasteiger partial charge in [0.05, 0.1) is 17.5 Å². The summed E-state index contributed by atoms with van der Waals surface area (Å²) in [4.78, 5) is 15.1. The first-order valence-electron chi connectivity index (χ1n) is 8.91. The second-order valence-electron chi connectivity index (χ2n) is 6.75. The SMILES string of the molecule is CC(NC(=O)C(c1ccccc1)N1CCS(=O)(=O)CC1)c1ccccc1Br. The molecule has 27 heavy (non-hydrogen) atoms. The van der Waals surface area contributed by atoms with Crippen molar-refractivity contribution in [3.05, 3.63) is 70.2 Å². The lowest BCUT2D eigenvalue weighted by Crippen LogP contribution is -2.48. The Morgan fingerprint density at radius 1 is 1.04 bits per heavy atom. The third-order valence-electron chi connectivity index (χ3n) is 4.84. The van der Waals surface area contributed by atoms with Gasteiger partial charge in [-0.3, -0.25) is 9.69 Å². The quantitative estimate of drug-likeness (QED) is 0.759. The van der Waals surface area contributed by atoms with Crippen LogP contribution in [0, 0.1) is 0 Å². The van der Waals surface area contributed by atoms with Gasteiger partial charge in [-0.2, -0.15) is 0 Å². The van der Waals surface area contributed by atoms with Crippen LogP contribution in [0.3, 0.4) is 0 Å². The monoisotopic (exact) mass is 450 g/mol. The number of halogens is 1. The molecule has 0 radical (unpaired) electrons. The first kappa shape index (κ1) is 20.0. The van der Waals surface area contributed by atoms with E-state index >= 15 is 0 Å². The van der Waals surface area contributed by atoms with E-state index in [2.05, 4.69) is 21.2 Å². The molecule has 1 heterocycles. The highest BCUT2D eigenvalue weighted by molar-refractivity contribution is 9.10. The van der Waals surface area contributed by atoms with Crippen LogP contribution in [0.25, 0.3) is 0 Å². The molecule has 1 saturated heterocycles. The van der Waals surface area contributed by atoms with Crippen molar-refractivity contribution in [2.75, 3.05) is 24.6 Å². The zero-order valence-corrected chi connectivity index (χ0v) is 17.5. The summed E-state index contributed by atoms with van der Waals surface area (Å²) in [7, 11) is -3.01. The number of sulfone groups is 1. The lowest BCUT2D eigenvalue weighted by atomic mass is 10.0. The van der Waals surface area contributed by atoms with E-state index < -0.39 is 15.9 Å². The summed E-state index contributed by atoms with van der Waals surface area (Å²) in [5.74, 6) is 0.0519. The van der Waals surface area contributed by atoms with Gasteiger partial charge in [0.2, 0.25) is 5.91 Å². The molecule has 3 rings (SSSR count). The Bertz CT molecular complexity index is 888. The van der Waals surface area contributed by atoms with Crippen LogP contribution in [0.1, 0.15) is 30.1 Å². The van der Waals surface area contributed by atoms with E-state index in [-0.39, 0.29) is 23.5 Å². The molecule has 1 aliphatic rings. The third-order valence-corrected chi connectivity index (χ3v) is 7.17. The molecule has 0 saturated carbocycles. The summed E-state index contributed by atoms with van der Waals surface area (Å²) >= 11 is 3.53. The van der Waals surface area contributed by atoms with E-state index in [1.165, 1.54) is 0 Å². The summed E-state index contributed by atoms with van der Waals surface area (Å²) < 4.78 is 24.5. The summed E-state index contributed by atoms with van der Waals surface area (Å²) in [5.41, 5.74) is 1.87. The van der Waals surface area contributed by atoms with E-state index in [1.807, 2.05) is 66.4 Å². The average molecular weight is 451 g/mol. The van der Waals surface area contributed by atoms with Gasteiger partial charge in [-0.15, -0.1) is 0 Å². The molecule has 0 spiro atoms. The fourth-order valence-electron chi connectivity index (χ4n) is 3.34. The molecule has 1 N–H and O–H groups in total. The Hall–Kier alpha value is -1.70. The van der Waals surface area contributed by atoms with Crippen molar-refractivity contribution >= 4 is 31.7 Å². The summed E-state index contributed by atoms with van der Waals surface area (Å²) in [6.45, 7) is 2.66.